The lowest BCUT2D eigenvalue weighted by Crippen LogP contribution is -2.35. The van der Waals surface area contributed by atoms with Crippen LogP contribution in [-0.2, 0) is 26.1 Å². The van der Waals surface area contributed by atoms with Crippen molar-refractivity contribution in [3.05, 3.63) is 64.7 Å². The number of benzene rings is 2. The van der Waals surface area contributed by atoms with Crippen LogP contribution >= 0.6 is 0 Å². The fraction of sp³-hybridized carbons (Fsp3) is 0.278. The predicted molar refractivity (Wildman–Crippen MR) is 91.5 cm³/mol. The highest BCUT2D eigenvalue weighted by molar-refractivity contribution is 7.89. The van der Waals surface area contributed by atoms with Crippen molar-refractivity contribution in [3.63, 3.8) is 0 Å². The molecule has 0 atom stereocenters. The highest BCUT2D eigenvalue weighted by Gasteiger charge is 2.37. The highest BCUT2D eigenvalue weighted by Crippen LogP contribution is 2.30. The first kappa shape index (κ1) is 23.7. The SMILES string of the molecule is CCOC(=O)CCN(Cc1ccccc1F)S(=O)(=O)c1c(F)c(F)c(F)c(F)c1F. The maximum Gasteiger partial charge on any atom is 0.307 e. The molecule has 0 aliphatic rings. The first-order chi connectivity index (χ1) is 14.0. The Kier molecular flexibility index (Phi) is 7.48. The molecule has 0 aromatic heterocycles. The fourth-order valence-corrected chi connectivity index (χ4v) is 4.02. The van der Waals surface area contributed by atoms with Crippen LogP contribution in [0.1, 0.15) is 18.9 Å². The quantitative estimate of drug-likeness (QED) is 0.264. The van der Waals surface area contributed by atoms with E-state index in [1.165, 1.54) is 19.1 Å². The van der Waals surface area contributed by atoms with Crippen molar-refractivity contribution >= 4 is 16.0 Å². The minimum Gasteiger partial charge on any atom is -0.466 e. The van der Waals surface area contributed by atoms with Crippen molar-refractivity contribution in [1.82, 2.24) is 4.31 Å². The summed E-state index contributed by atoms with van der Waals surface area (Å²) < 4.78 is 113. The summed E-state index contributed by atoms with van der Waals surface area (Å²) in [6.45, 7) is -0.181. The van der Waals surface area contributed by atoms with Gasteiger partial charge in [0.05, 0.1) is 13.0 Å². The van der Waals surface area contributed by atoms with E-state index in [2.05, 4.69) is 4.74 Å². The molecule has 30 heavy (non-hydrogen) atoms. The lowest BCUT2D eigenvalue weighted by molar-refractivity contribution is -0.143. The second-order valence-corrected chi connectivity index (χ2v) is 7.76. The maximum atomic E-state index is 14.1. The van der Waals surface area contributed by atoms with E-state index in [0.29, 0.717) is 0 Å². The van der Waals surface area contributed by atoms with E-state index < -0.39 is 75.3 Å². The Morgan fingerprint density at radius 2 is 1.47 bits per heavy atom. The number of nitrogens with zero attached hydrogens (tertiary/aromatic N) is 1. The van der Waals surface area contributed by atoms with Gasteiger partial charge in [0.2, 0.25) is 15.8 Å². The molecule has 0 aliphatic heterocycles. The zero-order valence-corrected chi connectivity index (χ0v) is 16.2. The molecule has 0 saturated carbocycles. The van der Waals surface area contributed by atoms with Crippen LogP contribution in [0.2, 0.25) is 0 Å². The third-order valence-corrected chi connectivity index (χ3v) is 5.81. The molecule has 0 radical (unpaired) electrons. The maximum absolute atomic E-state index is 14.1. The molecule has 0 N–H and O–H groups in total. The summed E-state index contributed by atoms with van der Waals surface area (Å²) in [6.07, 6.45) is -0.614. The molecule has 0 fully saturated rings. The second-order valence-electron chi connectivity index (χ2n) is 5.88. The van der Waals surface area contributed by atoms with Gasteiger partial charge in [0, 0.05) is 18.7 Å². The Hall–Kier alpha value is -2.60. The van der Waals surface area contributed by atoms with E-state index in [9.17, 15) is 39.6 Å². The smallest absolute Gasteiger partial charge is 0.307 e. The molecule has 0 unspecified atom stereocenters. The summed E-state index contributed by atoms with van der Waals surface area (Å²) >= 11 is 0. The number of carbonyl (C=O) groups excluding carboxylic acids is 1. The highest BCUT2D eigenvalue weighted by atomic mass is 32.2. The van der Waals surface area contributed by atoms with Gasteiger partial charge in [-0.15, -0.1) is 0 Å². The molecule has 0 saturated heterocycles. The van der Waals surface area contributed by atoms with Crippen LogP contribution in [0.3, 0.4) is 0 Å². The zero-order valence-electron chi connectivity index (χ0n) is 15.4. The van der Waals surface area contributed by atoms with Crippen LogP contribution in [0, 0.1) is 34.9 Å². The van der Waals surface area contributed by atoms with Gasteiger partial charge in [-0.05, 0) is 13.0 Å². The van der Waals surface area contributed by atoms with Gasteiger partial charge in [-0.1, -0.05) is 18.2 Å². The van der Waals surface area contributed by atoms with Gasteiger partial charge >= 0.3 is 5.97 Å². The number of carbonyl (C=O) groups is 1. The Balaban J connectivity index is 2.56. The Labute approximate surface area is 167 Å². The van der Waals surface area contributed by atoms with Crippen molar-refractivity contribution in [1.29, 1.82) is 0 Å². The van der Waals surface area contributed by atoms with Crippen molar-refractivity contribution in [2.45, 2.75) is 24.8 Å². The van der Waals surface area contributed by atoms with E-state index in [0.717, 1.165) is 12.1 Å². The van der Waals surface area contributed by atoms with Crippen molar-refractivity contribution in [3.8, 4) is 0 Å². The van der Waals surface area contributed by atoms with Gasteiger partial charge in [-0.3, -0.25) is 4.79 Å². The van der Waals surface area contributed by atoms with Gasteiger partial charge in [-0.25, -0.2) is 34.8 Å². The standard InChI is InChI=1S/C18H15F6NO4S/c1-2-29-12(26)7-8-25(9-10-5-3-4-6-11(10)19)30(27,28)18-16(23)14(21)13(20)15(22)17(18)24/h3-6H,2,7-9H2,1H3. The average molecular weight is 455 g/mol. The molecule has 2 aromatic carbocycles. The normalized spacial score (nSPS) is 11.7. The molecule has 0 bridgehead atoms. The largest absolute Gasteiger partial charge is 0.466 e. The van der Waals surface area contributed by atoms with Crippen LogP contribution in [0.5, 0.6) is 0 Å². The van der Waals surface area contributed by atoms with Crippen molar-refractivity contribution in [2.24, 2.45) is 0 Å². The van der Waals surface area contributed by atoms with Gasteiger partial charge in [-0.2, -0.15) is 4.31 Å². The predicted octanol–water partition coefficient (Wildman–Crippen LogP) is 3.67. The van der Waals surface area contributed by atoms with Gasteiger partial charge in [0.25, 0.3) is 0 Å². The number of halogens is 6. The fourth-order valence-electron chi connectivity index (χ4n) is 2.49. The van der Waals surface area contributed by atoms with E-state index in [-0.39, 0.29) is 16.5 Å². The topological polar surface area (TPSA) is 63.7 Å². The van der Waals surface area contributed by atoms with Crippen LogP contribution in [-0.4, -0.2) is 31.8 Å². The van der Waals surface area contributed by atoms with Gasteiger partial charge < -0.3 is 4.74 Å². The molecule has 2 rings (SSSR count). The molecule has 0 aliphatic carbocycles. The molecular formula is C18H15F6NO4S. The van der Waals surface area contributed by atoms with Crippen LogP contribution in [0.4, 0.5) is 26.3 Å². The first-order valence-electron chi connectivity index (χ1n) is 8.42. The van der Waals surface area contributed by atoms with Gasteiger partial charge in [0.15, 0.2) is 28.2 Å². The van der Waals surface area contributed by atoms with Crippen molar-refractivity contribution in [2.75, 3.05) is 13.2 Å². The molecule has 0 amide bonds. The van der Waals surface area contributed by atoms with Crippen LogP contribution in [0.15, 0.2) is 29.2 Å². The summed E-state index contributed by atoms with van der Waals surface area (Å²) in [7, 11) is -5.39. The molecule has 164 valence electrons. The van der Waals surface area contributed by atoms with Crippen molar-refractivity contribution < 1.29 is 44.3 Å². The lowest BCUT2D eigenvalue weighted by Gasteiger charge is -2.23. The lowest BCUT2D eigenvalue weighted by atomic mass is 10.2. The minimum atomic E-state index is -5.39. The van der Waals surface area contributed by atoms with E-state index in [4.69, 9.17) is 0 Å². The molecule has 12 heteroatoms. The minimum absolute atomic E-state index is 0.0451. The van der Waals surface area contributed by atoms with Crippen LogP contribution in [0.25, 0.3) is 0 Å². The van der Waals surface area contributed by atoms with Gasteiger partial charge in [0.1, 0.15) is 5.82 Å². The summed E-state index contributed by atoms with van der Waals surface area (Å²) in [5.41, 5.74) is -0.256. The third kappa shape index (κ3) is 4.75. The summed E-state index contributed by atoms with van der Waals surface area (Å²) in [5, 5.41) is 0. The monoisotopic (exact) mass is 455 g/mol. The number of hydrogen-bond donors (Lipinski definition) is 0. The molecular weight excluding hydrogens is 440 g/mol. The number of esters is 1. The Bertz CT molecular complexity index is 1030. The second kappa shape index (κ2) is 9.47. The molecule has 2 aromatic rings. The number of sulfonamides is 1. The summed E-state index contributed by atoms with van der Waals surface area (Å²) in [5.74, 6) is -14.3. The number of ether oxygens (including phenoxy) is 1. The molecule has 0 heterocycles. The van der Waals surface area contributed by atoms with Crippen LogP contribution < -0.4 is 0 Å². The number of hydrogen-bond acceptors (Lipinski definition) is 4. The third-order valence-electron chi connectivity index (χ3n) is 3.94. The number of rotatable bonds is 8. The van der Waals surface area contributed by atoms with E-state index in [1.54, 1.807) is 0 Å². The zero-order chi connectivity index (χ0) is 22.6. The van der Waals surface area contributed by atoms with E-state index >= 15 is 0 Å². The molecule has 5 nitrogen and oxygen atoms in total. The Morgan fingerprint density at radius 1 is 0.933 bits per heavy atom. The average Bonchev–Trinajstić information content (AvgIpc) is 2.69. The first-order valence-corrected chi connectivity index (χ1v) is 9.86. The Morgan fingerprint density at radius 3 is 2.00 bits per heavy atom. The molecule has 0 spiro atoms. The summed E-state index contributed by atoms with van der Waals surface area (Å²) in [6, 6.07) is 4.76. The summed E-state index contributed by atoms with van der Waals surface area (Å²) in [4.78, 5) is 9.48. The van der Waals surface area contributed by atoms with E-state index in [1.807, 2.05) is 0 Å².